The van der Waals surface area contributed by atoms with Gasteiger partial charge in [0.15, 0.2) is 16.6 Å². The molecule has 1 aromatic carbocycles. The predicted octanol–water partition coefficient (Wildman–Crippen LogP) is 2.42. The van der Waals surface area contributed by atoms with Gasteiger partial charge in [-0.3, -0.25) is 15.7 Å². The topological polar surface area (TPSA) is 55.3 Å². The van der Waals surface area contributed by atoms with Gasteiger partial charge in [0.1, 0.15) is 0 Å². The number of hydrogen-bond donors (Lipinski definition) is 2. The summed E-state index contributed by atoms with van der Waals surface area (Å²) in [6.45, 7) is 0. The van der Waals surface area contributed by atoms with Crippen LogP contribution in [0, 0.1) is 11.6 Å². The second-order valence-electron chi connectivity index (χ2n) is 4.39. The van der Waals surface area contributed by atoms with Gasteiger partial charge in [-0.05, 0) is 6.07 Å². The summed E-state index contributed by atoms with van der Waals surface area (Å²) in [6, 6.07) is 3.53. The van der Waals surface area contributed by atoms with E-state index in [9.17, 15) is 8.78 Å². The van der Waals surface area contributed by atoms with E-state index in [2.05, 4.69) is 10.4 Å². The first kappa shape index (κ1) is 13.2. The van der Waals surface area contributed by atoms with Gasteiger partial charge in [0.2, 0.25) is 0 Å². The van der Waals surface area contributed by atoms with Crippen LogP contribution in [0.1, 0.15) is 17.3 Å². The number of rotatable bonds is 4. The third kappa shape index (κ3) is 2.31. The van der Waals surface area contributed by atoms with Crippen LogP contribution in [0.2, 0.25) is 0 Å². The maximum absolute atomic E-state index is 13.8. The van der Waals surface area contributed by atoms with Crippen molar-refractivity contribution < 1.29 is 8.78 Å². The van der Waals surface area contributed by atoms with Crippen molar-refractivity contribution in [3.8, 4) is 0 Å². The molecule has 104 valence electrons. The van der Waals surface area contributed by atoms with Crippen molar-refractivity contribution in [3.05, 3.63) is 58.9 Å². The summed E-state index contributed by atoms with van der Waals surface area (Å²) in [5.74, 6) is 3.71. The van der Waals surface area contributed by atoms with E-state index in [1.165, 1.54) is 23.5 Å². The molecule has 0 amide bonds. The van der Waals surface area contributed by atoms with E-state index in [4.69, 9.17) is 5.84 Å². The molecule has 4 nitrogen and oxygen atoms in total. The Morgan fingerprint density at radius 3 is 3.00 bits per heavy atom. The second kappa shape index (κ2) is 5.28. The Kier molecular flexibility index (Phi) is 3.47. The van der Waals surface area contributed by atoms with Gasteiger partial charge in [0, 0.05) is 29.8 Å². The van der Waals surface area contributed by atoms with Crippen LogP contribution >= 0.6 is 11.3 Å². The number of hydrogen-bond acceptors (Lipinski definition) is 4. The first-order chi connectivity index (χ1) is 9.69. The number of hydrazine groups is 1. The third-order valence-corrected chi connectivity index (χ3v) is 3.89. The van der Waals surface area contributed by atoms with Crippen LogP contribution in [-0.4, -0.2) is 9.38 Å². The number of nitrogens with one attached hydrogen (secondary N) is 1. The van der Waals surface area contributed by atoms with Crippen LogP contribution in [0.25, 0.3) is 4.96 Å². The van der Waals surface area contributed by atoms with Crippen molar-refractivity contribution in [2.75, 3.05) is 0 Å². The molecule has 2 aromatic heterocycles. The molecule has 0 aliphatic rings. The Balaban J connectivity index is 1.90. The summed E-state index contributed by atoms with van der Waals surface area (Å²) in [5.41, 5.74) is 3.48. The number of nitrogens with two attached hydrogens (primary N) is 1. The molecule has 1 atom stereocenters. The largest absolute Gasteiger partial charge is 0.297 e. The first-order valence-corrected chi connectivity index (χ1v) is 6.88. The molecule has 3 rings (SSSR count). The minimum Gasteiger partial charge on any atom is -0.297 e. The Morgan fingerprint density at radius 2 is 2.25 bits per heavy atom. The smallest absolute Gasteiger partial charge is 0.193 e. The molecule has 0 saturated carbocycles. The molecule has 20 heavy (non-hydrogen) atoms. The zero-order chi connectivity index (χ0) is 14.1. The van der Waals surface area contributed by atoms with E-state index in [0.717, 1.165) is 16.7 Å². The number of fused-ring (bicyclic) bond motifs is 1. The minimum atomic E-state index is -0.881. The summed E-state index contributed by atoms with van der Waals surface area (Å²) in [6.07, 6.45) is 4.13. The Morgan fingerprint density at radius 1 is 1.40 bits per heavy atom. The van der Waals surface area contributed by atoms with E-state index >= 15 is 0 Å². The van der Waals surface area contributed by atoms with Gasteiger partial charge in [-0.1, -0.05) is 12.1 Å². The van der Waals surface area contributed by atoms with Gasteiger partial charge in [0.05, 0.1) is 11.7 Å². The second-order valence-corrected chi connectivity index (χ2v) is 5.26. The van der Waals surface area contributed by atoms with Crippen molar-refractivity contribution in [1.82, 2.24) is 14.8 Å². The molecule has 0 radical (unpaired) electrons. The molecule has 3 aromatic rings. The van der Waals surface area contributed by atoms with Crippen molar-refractivity contribution in [1.29, 1.82) is 0 Å². The van der Waals surface area contributed by atoms with Gasteiger partial charge < -0.3 is 0 Å². The fraction of sp³-hybridized carbons (Fsp3) is 0.154. The van der Waals surface area contributed by atoms with Crippen molar-refractivity contribution in [3.63, 3.8) is 0 Å². The van der Waals surface area contributed by atoms with E-state index in [0.29, 0.717) is 6.42 Å². The van der Waals surface area contributed by atoms with Crippen LogP contribution in [-0.2, 0) is 6.42 Å². The summed E-state index contributed by atoms with van der Waals surface area (Å²) >= 11 is 1.51. The molecule has 0 spiro atoms. The number of aromatic nitrogens is 2. The van der Waals surface area contributed by atoms with Crippen LogP contribution in [0.5, 0.6) is 0 Å². The predicted molar refractivity (Wildman–Crippen MR) is 73.2 cm³/mol. The standard InChI is InChI=1S/C13H12F2N4S/c14-10-3-1-2-9(12(10)15)11(18-16)6-8-7-19-4-5-20-13(19)17-8/h1-5,7,11,18H,6,16H2. The van der Waals surface area contributed by atoms with Gasteiger partial charge in [-0.15, -0.1) is 11.3 Å². The lowest BCUT2D eigenvalue weighted by molar-refractivity contribution is 0.463. The molecule has 0 aliphatic heterocycles. The fourth-order valence-electron chi connectivity index (χ4n) is 2.13. The van der Waals surface area contributed by atoms with Crippen molar-refractivity contribution >= 4 is 16.3 Å². The summed E-state index contributed by atoms with van der Waals surface area (Å²) < 4.78 is 28.9. The molecule has 3 N–H and O–H groups in total. The highest BCUT2D eigenvalue weighted by atomic mass is 32.1. The lowest BCUT2D eigenvalue weighted by Crippen LogP contribution is -2.30. The molecule has 0 aliphatic carbocycles. The number of thiazole rings is 1. The Labute approximate surface area is 117 Å². The molecule has 0 bridgehead atoms. The SMILES string of the molecule is NNC(Cc1cn2ccsc2n1)c1cccc(F)c1F. The van der Waals surface area contributed by atoms with E-state index in [-0.39, 0.29) is 5.56 Å². The first-order valence-electron chi connectivity index (χ1n) is 6.00. The summed E-state index contributed by atoms with van der Waals surface area (Å²) in [5, 5.41) is 1.93. The number of halogens is 2. The lowest BCUT2D eigenvalue weighted by Gasteiger charge is -2.16. The van der Waals surface area contributed by atoms with E-state index < -0.39 is 17.7 Å². The Bertz CT molecular complexity index is 708. The molecule has 1 unspecified atom stereocenters. The minimum absolute atomic E-state index is 0.198. The maximum Gasteiger partial charge on any atom is 0.193 e. The molecule has 2 heterocycles. The Hall–Kier alpha value is -1.83. The molecule has 0 saturated heterocycles. The van der Waals surface area contributed by atoms with E-state index in [1.807, 2.05) is 22.2 Å². The normalized spacial score (nSPS) is 12.9. The van der Waals surface area contributed by atoms with Gasteiger partial charge in [0.25, 0.3) is 0 Å². The van der Waals surface area contributed by atoms with Gasteiger partial charge in [-0.25, -0.2) is 13.8 Å². The van der Waals surface area contributed by atoms with Gasteiger partial charge in [-0.2, -0.15) is 0 Å². The maximum atomic E-state index is 13.8. The van der Waals surface area contributed by atoms with E-state index in [1.54, 1.807) is 0 Å². The van der Waals surface area contributed by atoms with Crippen molar-refractivity contribution in [2.45, 2.75) is 12.5 Å². The fourth-order valence-corrected chi connectivity index (χ4v) is 2.85. The zero-order valence-electron chi connectivity index (χ0n) is 10.4. The average Bonchev–Trinajstić information content (AvgIpc) is 3.00. The van der Waals surface area contributed by atoms with Crippen molar-refractivity contribution in [2.24, 2.45) is 5.84 Å². The van der Waals surface area contributed by atoms with Crippen LogP contribution in [0.15, 0.2) is 36.0 Å². The summed E-state index contributed by atoms with van der Waals surface area (Å²) in [4.78, 5) is 5.26. The quantitative estimate of drug-likeness (QED) is 0.574. The number of benzene rings is 1. The number of imidazole rings is 1. The highest BCUT2D eigenvalue weighted by Gasteiger charge is 2.19. The third-order valence-electron chi connectivity index (χ3n) is 3.11. The lowest BCUT2D eigenvalue weighted by atomic mass is 10.0. The summed E-state index contributed by atoms with van der Waals surface area (Å²) in [7, 11) is 0. The zero-order valence-corrected chi connectivity index (χ0v) is 11.2. The molecule has 7 heteroatoms. The molecular weight excluding hydrogens is 282 g/mol. The van der Waals surface area contributed by atoms with Gasteiger partial charge >= 0.3 is 0 Å². The highest BCUT2D eigenvalue weighted by molar-refractivity contribution is 7.15. The number of nitrogens with zero attached hydrogens (tertiary/aromatic N) is 2. The average molecular weight is 294 g/mol. The van der Waals surface area contributed by atoms with Crippen LogP contribution in [0.3, 0.4) is 0 Å². The monoisotopic (exact) mass is 294 g/mol. The highest BCUT2D eigenvalue weighted by Crippen LogP contribution is 2.23. The molecular formula is C13H12F2N4S. The molecule has 0 fully saturated rings. The van der Waals surface area contributed by atoms with Crippen LogP contribution < -0.4 is 11.3 Å². The van der Waals surface area contributed by atoms with Crippen LogP contribution in [0.4, 0.5) is 8.78 Å².